The molecule has 0 aromatic carbocycles. The third-order valence-corrected chi connectivity index (χ3v) is 4.30. The quantitative estimate of drug-likeness (QED) is 0.816. The van der Waals surface area contributed by atoms with Gasteiger partial charge in [0.1, 0.15) is 5.76 Å². The average molecular weight is 305 g/mol. The van der Waals surface area contributed by atoms with Crippen LogP contribution in [0.3, 0.4) is 0 Å². The van der Waals surface area contributed by atoms with E-state index in [0.29, 0.717) is 31.1 Å². The van der Waals surface area contributed by atoms with Crippen molar-refractivity contribution in [3.8, 4) is 0 Å². The van der Waals surface area contributed by atoms with Crippen LogP contribution < -0.4 is 5.32 Å². The van der Waals surface area contributed by atoms with Gasteiger partial charge in [-0.3, -0.25) is 9.59 Å². The van der Waals surface area contributed by atoms with Crippen molar-refractivity contribution in [2.45, 2.75) is 50.9 Å². The van der Waals surface area contributed by atoms with Crippen LogP contribution in [0.25, 0.3) is 0 Å². The molecule has 1 N–H and O–H groups in total. The summed E-state index contributed by atoms with van der Waals surface area (Å²) < 4.78 is 5.18. The molecule has 2 aliphatic rings. The van der Waals surface area contributed by atoms with Crippen molar-refractivity contribution in [2.24, 2.45) is 0 Å². The maximum atomic E-state index is 12.0. The molecule has 6 nitrogen and oxygen atoms in total. The summed E-state index contributed by atoms with van der Waals surface area (Å²) >= 11 is 0. The van der Waals surface area contributed by atoms with Crippen LogP contribution in [-0.4, -0.2) is 41.5 Å². The molecule has 0 bridgehead atoms. The first-order valence-electron chi connectivity index (χ1n) is 8.26. The van der Waals surface area contributed by atoms with Crippen LogP contribution in [0.15, 0.2) is 10.6 Å². The largest absolute Gasteiger partial charge is 0.360 e. The summed E-state index contributed by atoms with van der Waals surface area (Å²) in [6.07, 6.45) is 6.90. The fourth-order valence-corrected chi connectivity index (χ4v) is 2.79. The minimum absolute atomic E-state index is 0.196. The number of carbonyl (C=O) groups excluding carboxylic acids is 2. The van der Waals surface area contributed by atoms with Crippen molar-refractivity contribution in [2.75, 3.05) is 19.6 Å². The lowest BCUT2D eigenvalue weighted by Gasteiger charge is -2.20. The van der Waals surface area contributed by atoms with Crippen LogP contribution in [0.1, 0.15) is 67.1 Å². The van der Waals surface area contributed by atoms with Crippen LogP contribution in [-0.2, 0) is 4.79 Å². The molecule has 0 atom stereocenters. The number of amides is 2. The monoisotopic (exact) mass is 305 g/mol. The Labute approximate surface area is 130 Å². The van der Waals surface area contributed by atoms with E-state index in [1.165, 1.54) is 0 Å². The Morgan fingerprint density at radius 3 is 3.05 bits per heavy atom. The second kappa shape index (κ2) is 6.94. The molecule has 0 spiro atoms. The first kappa shape index (κ1) is 15.1. The highest BCUT2D eigenvalue weighted by molar-refractivity contribution is 5.92. The normalized spacial score (nSPS) is 19.1. The van der Waals surface area contributed by atoms with E-state index in [2.05, 4.69) is 10.5 Å². The molecule has 2 fully saturated rings. The predicted molar refractivity (Wildman–Crippen MR) is 80.5 cm³/mol. The summed E-state index contributed by atoms with van der Waals surface area (Å²) in [5.74, 6) is 1.33. The zero-order valence-corrected chi connectivity index (χ0v) is 12.8. The third-order valence-electron chi connectivity index (χ3n) is 4.30. The van der Waals surface area contributed by atoms with Crippen molar-refractivity contribution < 1.29 is 14.1 Å². The lowest BCUT2D eigenvalue weighted by Crippen LogP contribution is -2.34. The Hall–Kier alpha value is -1.85. The van der Waals surface area contributed by atoms with Gasteiger partial charge in [0.05, 0.1) is 0 Å². The van der Waals surface area contributed by atoms with Gasteiger partial charge >= 0.3 is 0 Å². The first-order valence-corrected chi connectivity index (χ1v) is 8.26. The number of nitrogens with zero attached hydrogens (tertiary/aromatic N) is 2. The van der Waals surface area contributed by atoms with E-state index in [-0.39, 0.29) is 11.8 Å². The maximum Gasteiger partial charge on any atom is 0.273 e. The number of carbonyl (C=O) groups is 2. The fraction of sp³-hybridized carbons (Fsp3) is 0.688. The van der Waals surface area contributed by atoms with E-state index in [4.69, 9.17) is 4.52 Å². The fourth-order valence-electron chi connectivity index (χ4n) is 2.79. The lowest BCUT2D eigenvalue weighted by molar-refractivity contribution is -0.130. The van der Waals surface area contributed by atoms with Crippen LogP contribution in [0.4, 0.5) is 0 Å². The molecule has 22 heavy (non-hydrogen) atoms. The van der Waals surface area contributed by atoms with E-state index in [0.717, 1.165) is 50.8 Å². The highest BCUT2D eigenvalue weighted by atomic mass is 16.5. The van der Waals surface area contributed by atoms with Crippen molar-refractivity contribution in [1.82, 2.24) is 15.4 Å². The summed E-state index contributed by atoms with van der Waals surface area (Å²) in [5, 5.41) is 6.66. The number of rotatable bonds is 6. The van der Waals surface area contributed by atoms with Crippen molar-refractivity contribution in [3.05, 3.63) is 17.5 Å². The van der Waals surface area contributed by atoms with Gasteiger partial charge in [0.2, 0.25) is 5.91 Å². The predicted octanol–water partition coefficient (Wildman–Crippen LogP) is 2.07. The summed E-state index contributed by atoms with van der Waals surface area (Å²) in [4.78, 5) is 25.7. The molecule has 6 heteroatoms. The first-order chi connectivity index (χ1) is 10.7. The SMILES string of the molecule is O=C(NCCCN1CCCCCC1=O)c1cc(C2CC2)on1. The molecule has 1 saturated carbocycles. The van der Waals surface area contributed by atoms with Crippen molar-refractivity contribution in [1.29, 1.82) is 0 Å². The van der Waals surface area contributed by atoms with Gasteiger partial charge in [-0.2, -0.15) is 0 Å². The smallest absolute Gasteiger partial charge is 0.273 e. The molecule has 3 rings (SSSR count). The molecule has 2 heterocycles. The highest BCUT2D eigenvalue weighted by Gasteiger charge is 2.28. The van der Waals surface area contributed by atoms with Gasteiger partial charge in [0.25, 0.3) is 5.91 Å². The van der Waals surface area contributed by atoms with E-state index >= 15 is 0 Å². The van der Waals surface area contributed by atoms with Gasteiger partial charge < -0.3 is 14.7 Å². The topological polar surface area (TPSA) is 75.4 Å². The zero-order chi connectivity index (χ0) is 15.4. The van der Waals surface area contributed by atoms with Crippen LogP contribution in [0.5, 0.6) is 0 Å². The molecule has 1 saturated heterocycles. The molecular formula is C16H23N3O3. The molecule has 1 aliphatic carbocycles. The number of likely N-dealkylation sites (tertiary alicyclic amines) is 1. The summed E-state index contributed by atoms with van der Waals surface area (Å²) in [7, 11) is 0. The minimum Gasteiger partial charge on any atom is -0.360 e. The molecular weight excluding hydrogens is 282 g/mol. The Kier molecular flexibility index (Phi) is 4.75. The van der Waals surface area contributed by atoms with E-state index in [9.17, 15) is 9.59 Å². The minimum atomic E-state index is -0.196. The number of aromatic nitrogens is 1. The summed E-state index contributed by atoms with van der Waals surface area (Å²) in [6, 6.07) is 1.74. The van der Waals surface area contributed by atoms with Crippen molar-refractivity contribution in [3.63, 3.8) is 0 Å². The second-order valence-electron chi connectivity index (χ2n) is 6.19. The van der Waals surface area contributed by atoms with Crippen LogP contribution >= 0.6 is 0 Å². The maximum absolute atomic E-state index is 12.0. The lowest BCUT2D eigenvalue weighted by atomic mass is 10.2. The summed E-state index contributed by atoms with van der Waals surface area (Å²) in [6.45, 7) is 2.11. The second-order valence-corrected chi connectivity index (χ2v) is 6.19. The van der Waals surface area contributed by atoms with Gasteiger partial charge in [-0.25, -0.2) is 0 Å². The molecule has 1 aromatic heterocycles. The average Bonchev–Trinajstić information content (AvgIpc) is 3.28. The van der Waals surface area contributed by atoms with Gasteiger partial charge in [0.15, 0.2) is 5.69 Å². The number of hydrogen-bond donors (Lipinski definition) is 1. The Balaban J connectivity index is 1.38. The molecule has 120 valence electrons. The zero-order valence-electron chi connectivity index (χ0n) is 12.8. The van der Waals surface area contributed by atoms with Crippen molar-refractivity contribution >= 4 is 11.8 Å². The third kappa shape index (κ3) is 3.87. The van der Waals surface area contributed by atoms with E-state index in [1.54, 1.807) is 6.07 Å². The van der Waals surface area contributed by atoms with Crippen LogP contribution in [0, 0.1) is 0 Å². The van der Waals surface area contributed by atoms with E-state index < -0.39 is 0 Å². The summed E-state index contributed by atoms with van der Waals surface area (Å²) in [5.41, 5.74) is 0.354. The standard InChI is InChI=1S/C16H23N3O3/c20-15-5-2-1-3-9-19(15)10-4-8-17-16(21)13-11-14(22-18-13)12-6-7-12/h11-12H,1-10H2,(H,17,21). The molecule has 2 amide bonds. The van der Waals surface area contributed by atoms with Gasteiger partial charge in [0, 0.05) is 38.0 Å². The molecule has 0 unspecified atom stereocenters. The van der Waals surface area contributed by atoms with Gasteiger partial charge in [-0.15, -0.1) is 0 Å². The Morgan fingerprint density at radius 2 is 2.23 bits per heavy atom. The number of nitrogens with one attached hydrogen (secondary N) is 1. The van der Waals surface area contributed by atoms with Gasteiger partial charge in [-0.1, -0.05) is 11.6 Å². The van der Waals surface area contributed by atoms with E-state index in [1.807, 2.05) is 4.90 Å². The molecule has 1 aromatic rings. The van der Waals surface area contributed by atoms with Gasteiger partial charge in [-0.05, 0) is 32.1 Å². The molecule has 1 aliphatic heterocycles. The molecule has 0 radical (unpaired) electrons. The Bertz CT molecular complexity index is 536. The Morgan fingerprint density at radius 1 is 1.36 bits per heavy atom. The van der Waals surface area contributed by atoms with Crippen LogP contribution in [0.2, 0.25) is 0 Å². The number of hydrogen-bond acceptors (Lipinski definition) is 4. The highest BCUT2D eigenvalue weighted by Crippen LogP contribution is 2.40.